The van der Waals surface area contributed by atoms with Crippen LogP contribution in [0.15, 0.2) is 18.5 Å². The molecule has 16 heavy (non-hydrogen) atoms. The molecule has 1 saturated carbocycles. The van der Waals surface area contributed by atoms with Gasteiger partial charge in [0.05, 0.1) is 12.2 Å². The number of nitrogens with zero attached hydrogens (tertiary/aromatic N) is 1. The molecule has 0 aromatic carbocycles. The number of nitrogens with one attached hydrogen (secondary N) is 1. The van der Waals surface area contributed by atoms with E-state index in [0.717, 1.165) is 18.4 Å². The average Bonchev–Trinajstić information content (AvgIpc) is 2.67. The highest BCUT2D eigenvalue weighted by Crippen LogP contribution is 2.46. The molecule has 0 amide bonds. The number of pyridine rings is 1. The highest BCUT2D eigenvalue weighted by molar-refractivity contribution is 5.18. The summed E-state index contributed by atoms with van der Waals surface area (Å²) in [5, 5.41) is 0. The summed E-state index contributed by atoms with van der Waals surface area (Å²) in [4.78, 5) is 3.89. The van der Waals surface area contributed by atoms with E-state index >= 15 is 0 Å². The molecule has 1 unspecified atom stereocenters. The average molecular weight is 223 g/mol. The number of aromatic nitrogens is 1. The second-order valence-electron chi connectivity index (χ2n) is 4.90. The van der Waals surface area contributed by atoms with Gasteiger partial charge >= 0.3 is 0 Å². The van der Waals surface area contributed by atoms with E-state index in [2.05, 4.69) is 17.3 Å². The van der Waals surface area contributed by atoms with Crippen molar-refractivity contribution in [3.8, 4) is 0 Å². The Morgan fingerprint density at radius 3 is 2.69 bits per heavy atom. The van der Waals surface area contributed by atoms with Crippen molar-refractivity contribution in [2.75, 3.05) is 0 Å². The summed E-state index contributed by atoms with van der Waals surface area (Å²) < 4.78 is 13.1. The van der Waals surface area contributed by atoms with Crippen molar-refractivity contribution in [3.05, 3.63) is 29.8 Å². The van der Waals surface area contributed by atoms with E-state index in [9.17, 15) is 4.39 Å². The summed E-state index contributed by atoms with van der Waals surface area (Å²) in [6.07, 6.45) is 7.59. The van der Waals surface area contributed by atoms with E-state index in [4.69, 9.17) is 5.84 Å². The standard InChI is InChI=1S/C12H18FN3/c1-12(4-2-3-5-12)11(16-14)9-6-10(13)8-15-7-9/h6-8,11,16H,2-5,14H2,1H3. The van der Waals surface area contributed by atoms with Crippen LogP contribution in [0.4, 0.5) is 4.39 Å². The first-order chi connectivity index (χ1) is 7.65. The Balaban J connectivity index is 2.28. The zero-order chi connectivity index (χ0) is 11.6. The number of halogens is 1. The molecule has 3 N–H and O–H groups in total. The maximum Gasteiger partial charge on any atom is 0.141 e. The Labute approximate surface area is 95.2 Å². The number of hydrogen-bond donors (Lipinski definition) is 2. The molecule has 0 spiro atoms. The van der Waals surface area contributed by atoms with Crippen LogP contribution in [0.25, 0.3) is 0 Å². The summed E-state index contributed by atoms with van der Waals surface area (Å²) in [5.74, 6) is 5.31. The second-order valence-corrected chi connectivity index (χ2v) is 4.90. The molecular formula is C12H18FN3. The lowest BCUT2D eigenvalue weighted by Crippen LogP contribution is -2.38. The molecule has 1 atom stereocenters. The van der Waals surface area contributed by atoms with Crippen molar-refractivity contribution >= 4 is 0 Å². The molecule has 1 aromatic heterocycles. The van der Waals surface area contributed by atoms with Gasteiger partial charge in [-0.1, -0.05) is 19.8 Å². The molecule has 1 aromatic rings. The largest absolute Gasteiger partial charge is 0.271 e. The molecule has 0 aliphatic heterocycles. The number of nitrogens with two attached hydrogens (primary N) is 1. The Kier molecular flexibility index (Phi) is 3.21. The van der Waals surface area contributed by atoms with E-state index in [1.54, 1.807) is 6.20 Å². The van der Waals surface area contributed by atoms with Gasteiger partial charge in [-0.2, -0.15) is 0 Å². The van der Waals surface area contributed by atoms with Gasteiger partial charge in [0.2, 0.25) is 0 Å². The molecule has 4 heteroatoms. The minimum absolute atomic E-state index is 0.0156. The van der Waals surface area contributed by atoms with Crippen LogP contribution >= 0.6 is 0 Å². The van der Waals surface area contributed by atoms with Gasteiger partial charge in [-0.15, -0.1) is 0 Å². The topological polar surface area (TPSA) is 50.9 Å². The molecular weight excluding hydrogens is 205 g/mol. The van der Waals surface area contributed by atoms with Gasteiger partial charge in [0.25, 0.3) is 0 Å². The Bertz CT molecular complexity index is 361. The quantitative estimate of drug-likeness (QED) is 0.610. The van der Waals surface area contributed by atoms with Gasteiger partial charge < -0.3 is 0 Å². The van der Waals surface area contributed by atoms with Crippen LogP contribution in [-0.2, 0) is 0 Å². The molecule has 1 heterocycles. The molecule has 1 aliphatic rings. The summed E-state index contributed by atoms with van der Waals surface area (Å²) in [7, 11) is 0. The molecule has 0 saturated heterocycles. The minimum atomic E-state index is -0.306. The van der Waals surface area contributed by atoms with Gasteiger partial charge in [-0.3, -0.25) is 16.3 Å². The third-order valence-corrected chi connectivity index (χ3v) is 3.67. The van der Waals surface area contributed by atoms with E-state index in [0.29, 0.717) is 0 Å². The Morgan fingerprint density at radius 1 is 1.44 bits per heavy atom. The Morgan fingerprint density at radius 2 is 2.12 bits per heavy atom. The summed E-state index contributed by atoms with van der Waals surface area (Å²) in [6.45, 7) is 2.20. The lowest BCUT2D eigenvalue weighted by molar-refractivity contribution is 0.224. The van der Waals surface area contributed by atoms with Crippen molar-refractivity contribution in [1.82, 2.24) is 10.4 Å². The number of rotatable bonds is 3. The van der Waals surface area contributed by atoms with Gasteiger partial charge in [0.15, 0.2) is 0 Å². The second kappa shape index (κ2) is 4.47. The zero-order valence-corrected chi connectivity index (χ0v) is 9.54. The van der Waals surface area contributed by atoms with Crippen LogP contribution in [-0.4, -0.2) is 4.98 Å². The van der Waals surface area contributed by atoms with Crippen LogP contribution in [0.1, 0.15) is 44.2 Å². The zero-order valence-electron chi connectivity index (χ0n) is 9.54. The number of hydrogen-bond acceptors (Lipinski definition) is 3. The van der Waals surface area contributed by atoms with Crippen LogP contribution in [0.5, 0.6) is 0 Å². The molecule has 0 bridgehead atoms. The maximum atomic E-state index is 13.1. The molecule has 88 valence electrons. The van der Waals surface area contributed by atoms with E-state index < -0.39 is 0 Å². The van der Waals surface area contributed by atoms with Crippen molar-refractivity contribution in [2.45, 2.75) is 38.6 Å². The first kappa shape index (κ1) is 11.5. The van der Waals surface area contributed by atoms with Crippen molar-refractivity contribution in [3.63, 3.8) is 0 Å². The number of hydrazine groups is 1. The van der Waals surface area contributed by atoms with Crippen molar-refractivity contribution in [1.29, 1.82) is 0 Å². The van der Waals surface area contributed by atoms with Crippen molar-refractivity contribution < 1.29 is 4.39 Å². The highest BCUT2D eigenvalue weighted by atomic mass is 19.1. The monoisotopic (exact) mass is 223 g/mol. The third kappa shape index (κ3) is 2.08. The van der Waals surface area contributed by atoms with Crippen LogP contribution < -0.4 is 11.3 Å². The summed E-state index contributed by atoms with van der Waals surface area (Å²) in [5.41, 5.74) is 3.78. The van der Waals surface area contributed by atoms with Gasteiger partial charge in [0.1, 0.15) is 5.82 Å². The maximum absolute atomic E-state index is 13.1. The minimum Gasteiger partial charge on any atom is -0.271 e. The van der Waals surface area contributed by atoms with Crippen molar-refractivity contribution in [2.24, 2.45) is 11.3 Å². The van der Waals surface area contributed by atoms with Crippen LogP contribution in [0.2, 0.25) is 0 Å². The van der Waals surface area contributed by atoms with E-state index in [-0.39, 0.29) is 17.3 Å². The fraction of sp³-hybridized carbons (Fsp3) is 0.583. The van der Waals surface area contributed by atoms with Crippen LogP contribution in [0.3, 0.4) is 0 Å². The normalized spacial score (nSPS) is 20.9. The van der Waals surface area contributed by atoms with E-state index in [1.165, 1.54) is 25.1 Å². The highest BCUT2D eigenvalue weighted by Gasteiger charge is 2.37. The molecule has 3 nitrogen and oxygen atoms in total. The smallest absolute Gasteiger partial charge is 0.141 e. The van der Waals surface area contributed by atoms with Crippen LogP contribution in [0, 0.1) is 11.2 Å². The molecule has 1 aliphatic carbocycles. The fourth-order valence-corrected chi connectivity index (χ4v) is 2.76. The van der Waals surface area contributed by atoms with Gasteiger partial charge in [-0.05, 0) is 29.9 Å². The first-order valence-corrected chi connectivity index (χ1v) is 5.72. The molecule has 2 rings (SSSR count). The van der Waals surface area contributed by atoms with E-state index in [1.807, 2.05) is 0 Å². The lowest BCUT2D eigenvalue weighted by Gasteiger charge is -2.33. The first-order valence-electron chi connectivity index (χ1n) is 5.72. The molecule has 0 radical (unpaired) electrons. The third-order valence-electron chi connectivity index (χ3n) is 3.67. The Hall–Kier alpha value is -1.00. The summed E-state index contributed by atoms with van der Waals surface area (Å²) in [6, 6.07) is 1.50. The fourth-order valence-electron chi connectivity index (χ4n) is 2.76. The molecule has 1 fully saturated rings. The van der Waals surface area contributed by atoms with Gasteiger partial charge in [-0.25, -0.2) is 4.39 Å². The predicted molar refractivity (Wildman–Crippen MR) is 60.8 cm³/mol. The predicted octanol–water partition coefficient (Wildman–Crippen LogP) is 2.31. The summed E-state index contributed by atoms with van der Waals surface area (Å²) >= 11 is 0. The van der Waals surface area contributed by atoms with Gasteiger partial charge in [0, 0.05) is 6.20 Å². The SMILES string of the molecule is CC1(C(NN)c2cncc(F)c2)CCCC1. The lowest BCUT2D eigenvalue weighted by atomic mass is 9.78.